The SMILES string of the molecule is CCn1ncc(S(=O)(=O)Nc2cccc(-c3ncc(COc4ccc(O)c(C(=O)OC)c4)cn3)c2)c1C. The van der Waals surface area contributed by atoms with E-state index in [0.29, 0.717) is 40.6 Å². The lowest BCUT2D eigenvalue weighted by atomic mass is 10.2. The minimum Gasteiger partial charge on any atom is -0.507 e. The predicted molar refractivity (Wildman–Crippen MR) is 135 cm³/mol. The molecule has 0 unspecified atom stereocenters. The minimum atomic E-state index is -3.82. The second-order valence-electron chi connectivity index (χ2n) is 7.97. The molecule has 0 aliphatic carbocycles. The number of hydrogen-bond donors (Lipinski definition) is 2. The van der Waals surface area contributed by atoms with Crippen LogP contribution in [-0.2, 0) is 27.9 Å². The number of aromatic hydroxyl groups is 1. The Labute approximate surface area is 213 Å². The molecular formula is C25H25N5O6S. The highest BCUT2D eigenvalue weighted by Crippen LogP contribution is 2.25. The van der Waals surface area contributed by atoms with E-state index in [1.54, 1.807) is 48.3 Å². The third-order valence-electron chi connectivity index (χ3n) is 5.50. The Kier molecular flexibility index (Phi) is 7.39. The van der Waals surface area contributed by atoms with Gasteiger partial charge >= 0.3 is 5.97 Å². The molecule has 12 heteroatoms. The van der Waals surface area contributed by atoms with E-state index in [-0.39, 0.29) is 22.8 Å². The van der Waals surface area contributed by atoms with E-state index in [0.717, 1.165) is 0 Å². The molecule has 2 aromatic carbocycles. The first-order valence-electron chi connectivity index (χ1n) is 11.2. The van der Waals surface area contributed by atoms with Crippen molar-refractivity contribution in [3.63, 3.8) is 0 Å². The maximum atomic E-state index is 12.9. The molecule has 0 aliphatic heterocycles. The first-order chi connectivity index (χ1) is 17.7. The minimum absolute atomic E-state index is 0.00328. The first-order valence-corrected chi connectivity index (χ1v) is 12.7. The van der Waals surface area contributed by atoms with Crippen molar-refractivity contribution in [1.29, 1.82) is 0 Å². The molecule has 0 saturated heterocycles. The van der Waals surface area contributed by atoms with Crippen LogP contribution in [0.3, 0.4) is 0 Å². The summed E-state index contributed by atoms with van der Waals surface area (Å²) in [7, 11) is -2.60. The van der Waals surface area contributed by atoms with Gasteiger partial charge in [-0.05, 0) is 44.2 Å². The zero-order valence-corrected chi connectivity index (χ0v) is 21.2. The number of methoxy groups -OCH3 is 1. The predicted octanol–water partition coefficient (Wildman–Crippen LogP) is 3.54. The number of phenolic OH excluding ortho intramolecular Hbond substituents is 1. The molecule has 0 saturated carbocycles. The van der Waals surface area contributed by atoms with Gasteiger partial charge in [-0.15, -0.1) is 0 Å². The summed E-state index contributed by atoms with van der Waals surface area (Å²) >= 11 is 0. The fraction of sp³-hybridized carbons (Fsp3) is 0.200. The van der Waals surface area contributed by atoms with Crippen LogP contribution in [0.2, 0.25) is 0 Å². The smallest absolute Gasteiger partial charge is 0.341 e. The van der Waals surface area contributed by atoms with Crippen molar-refractivity contribution in [2.24, 2.45) is 0 Å². The van der Waals surface area contributed by atoms with Gasteiger partial charge in [0.2, 0.25) is 0 Å². The number of esters is 1. The molecule has 11 nitrogen and oxygen atoms in total. The lowest BCUT2D eigenvalue weighted by Crippen LogP contribution is -2.14. The van der Waals surface area contributed by atoms with Gasteiger partial charge in [0.25, 0.3) is 10.0 Å². The highest BCUT2D eigenvalue weighted by atomic mass is 32.2. The quantitative estimate of drug-likeness (QED) is 0.315. The number of benzene rings is 2. The molecule has 4 aromatic rings. The van der Waals surface area contributed by atoms with Crippen molar-refractivity contribution in [2.75, 3.05) is 11.8 Å². The second kappa shape index (κ2) is 10.7. The zero-order valence-electron chi connectivity index (χ0n) is 20.4. The number of phenols is 1. The van der Waals surface area contributed by atoms with Crippen LogP contribution in [-0.4, -0.2) is 46.4 Å². The van der Waals surface area contributed by atoms with Crippen molar-refractivity contribution >= 4 is 21.7 Å². The summed E-state index contributed by atoms with van der Waals surface area (Å²) in [5.41, 5.74) is 2.20. The number of nitrogens with one attached hydrogen (secondary N) is 1. The normalized spacial score (nSPS) is 11.2. The number of aromatic nitrogens is 4. The zero-order chi connectivity index (χ0) is 26.6. The van der Waals surface area contributed by atoms with E-state index in [2.05, 4.69) is 24.5 Å². The Hall–Kier alpha value is -4.45. The van der Waals surface area contributed by atoms with Gasteiger partial charge in [-0.25, -0.2) is 23.2 Å². The molecule has 0 radical (unpaired) electrons. The Morgan fingerprint density at radius 3 is 2.54 bits per heavy atom. The summed E-state index contributed by atoms with van der Waals surface area (Å²) in [6.07, 6.45) is 4.51. The molecule has 2 N–H and O–H groups in total. The molecule has 0 aliphatic rings. The van der Waals surface area contributed by atoms with E-state index in [1.165, 1.54) is 31.5 Å². The molecule has 2 heterocycles. The van der Waals surface area contributed by atoms with Gasteiger partial charge < -0.3 is 14.6 Å². The molecular weight excluding hydrogens is 498 g/mol. The number of hydrogen-bond acceptors (Lipinski definition) is 9. The third kappa shape index (κ3) is 5.70. The second-order valence-corrected chi connectivity index (χ2v) is 9.62. The maximum Gasteiger partial charge on any atom is 0.341 e. The number of rotatable bonds is 9. The van der Waals surface area contributed by atoms with E-state index in [4.69, 9.17) is 4.74 Å². The molecule has 0 bridgehead atoms. The number of carbonyl (C=O) groups excluding carboxylic acids is 1. The lowest BCUT2D eigenvalue weighted by Gasteiger charge is -2.10. The number of sulfonamides is 1. The molecule has 0 atom stereocenters. The number of nitrogens with zero attached hydrogens (tertiary/aromatic N) is 4. The fourth-order valence-electron chi connectivity index (χ4n) is 3.57. The molecule has 0 spiro atoms. The van der Waals surface area contributed by atoms with Crippen LogP contribution >= 0.6 is 0 Å². The number of ether oxygens (including phenoxy) is 2. The van der Waals surface area contributed by atoms with Gasteiger partial charge in [0.1, 0.15) is 28.6 Å². The Balaban J connectivity index is 1.45. The van der Waals surface area contributed by atoms with Crippen LogP contribution in [0.4, 0.5) is 5.69 Å². The van der Waals surface area contributed by atoms with Gasteiger partial charge in [-0.1, -0.05) is 12.1 Å². The molecule has 2 aromatic heterocycles. The topological polar surface area (TPSA) is 146 Å². The Bertz CT molecular complexity index is 1530. The van der Waals surface area contributed by atoms with Gasteiger partial charge in [-0.2, -0.15) is 5.10 Å². The highest BCUT2D eigenvalue weighted by Gasteiger charge is 2.21. The number of anilines is 1. The van der Waals surface area contributed by atoms with Crippen LogP contribution in [0.15, 0.2) is 66.0 Å². The molecule has 0 amide bonds. The van der Waals surface area contributed by atoms with E-state index < -0.39 is 16.0 Å². The first kappa shape index (κ1) is 25.6. The monoisotopic (exact) mass is 523 g/mol. The van der Waals surface area contributed by atoms with E-state index >= 15 is 0 Å². The molecule has 37 heavy (non-hydrogen) atoms. The van der Waals surface area contributed by atoms with Crippen LogP contribution in [0.25, 0.3) is 11.4 Å². The summed E-state index contributed by atoms with van der Waals surface area (Å²) in [4.78, 5) is 20.6. The Morgan fingerprint density at radius 2 is 1.86 bits per heavy atom. The van der Waals surface area contributed by atoms with Crippen LogP contribution < -0.4 is 9.46 Å². The van der Waals surface area contributed by atoms with Crippen LogP contribution in [0.1, 0.15) is 28.5 Å². The largest absolute Gasteiger partial charge is 0.507 e. The molecule has 192 valence electrons. The van der Waals surface area contributed by atoms with Crippen molar-refractivity contribution in [3.8, 4) is 22.9 Å². The van der Waals surface area contributed by atoms with E-state index in [1.807, 2.05) is 6.92 Å². The number of carbonyl (C=O) groups is 1. The van der Waals surface area contributed by atoms with Gasteiger partial charge in [0.05, 0.1) is 19.0 Å². The molecule has 4 rings (SSSR count). The average Bonchev–Trinajstić information content (AvgIpc) is 3.29. The summed E-state index contributed by atoms with van der Waals surface area (Å²) in [6, 6.07) is 11.0. The standard InChI is InChI=1S/C25H25N5O6S/c1-4-30-16(2)23(14-28-30)37(33,34)29-19-7-5-6-18(10-19)24-26-12-17(13-27-24)15-36-20-8-9-22(31)21(11-20)25(32)35-3/h5-14,29,31H,4,15H2,1-3H3. The summed E-state index contributed by atoms with van der Waals surface area (Å²) in [5, 5.41) is 13.9. The Morgan fingerprint density at radius 1 is 1.11 bits per heavy atom. The van der Waals surface area contributed by atoms with Gasteiger partial charge in [-0.3, -0.25) is 9.40 Å². The van der Waals surface area contributed by atoms with Gasteiger partial charge in [0, 0.05) is 35.8 Å². The number of aryl methyl sites for hydroxylation is 1. The lowest BCUT2D eigenvalue weighted by molar-refractivity contribution is 0.0597. The summed E-state index contributed by atoms with van der Waals surface area (Å²) in [6.45, 7) is 4.29. The summed E-state index contributed by atoms with van der Waals surface area (Å²) in [5.74, 6) is -0.117. The van der Waals surface area contributed by atoms with Crippen molar-refractivity contribution in [3.05, 3.63) is 77.9 Å². The van der Waals surface area contributed by atoms with Crippen LogP contribution in [0.5, 0.6) is 11.5 Å². The fourth-order valence-corrected chi connectivity index (χ4v) is 4.79. The third-order valence-corrected chi connectivity index (χ3v) is 6.99. The van der Waals surface area contributed by atoms with Crippen molar-refractivity contribution < 1.29 is 27.8 Å². The maximum absolute atomic E-state index is 12.9. The van der Waals surface area contributed by atoms with Gasteiger partial charge in [0.15, 0.2) is 5.82 Å². The molecule has 0 fully saturated rings. The summed E-state index contributed by atoms with van der Waals surface area (Å²) < 4.78 is 40.3. The highest BCUT2D eigenvalue weighted by molar-refractivity contribution is 7.92. The van der Waals surface area contributed by atoms with Crippen molar-refractivity contribution in [1.82, 2.24) is 19.7 Å². The van der Waals surface area contributed by atoms with Crippen LogP contribution in [0, 0.1) is 6.92 Å². The van der Waals surface area contributed by atoms with E-state index in [9.17, 15) is 18.3 Å². The average molecular weight is 524 g/mol. The van der Waals surface area contributed by atoms with Crippen molar-refractivity contribution in [2.45, 2.75) is 31.9 Å².